The van der Waals surface area contributed by atoms with E-state index in [2.05, 4.69) is 20.8 Å². The summed E-state index contributed by atoms with van der Waals surface area (Å²) >= 11 is 0. The topological polar surface area (TPSA) is 66.7 Å². The van der Waals surface area contributed by atoms with Gasteiger partial charge in [0.15, 0.2) is 11.3 Å². The second-order valence-corrected chi connectivity index (χ2v) is 6.76. The number of aromatic nitrogens is 2. The summed E-state index contributed by atoms with van der Waals surface area (Å²) < 4.78 is 45.9. The molecule has 0 aliphatic carbocycles. The molecule has 1 aromatic heterocycles. The van der Waals surface area contributed by atoms with E-state index < -0.39 is 18.8 Å². The molecule has 7 nitrogen and oxygen atoms in total. The number of fused-ring (bicyclic) bond motifs is 1. The van der Waals surface area contributed by atoms with Crippen molar-refractivity contribution in [3.63, 3.8) is 0 Å². The zero-order valence-electron chi connectivity index (χ0n) is 16.3. The molecule has 0 spiro atoms. The van der Waals surface area contributed by atoms with E-state index in [1.807, 2.05) is 22.0 Å². The van der Waals surface area contributed by atoms with Gasteiger partial charge >= 0.3 is 0 Å². The second kappa shape index (κ2) is 8.52. The summed E-state index contributed by atoms with van der Waals surface area (Å²) in [5.74, 6) is 0.582. The molecule has 4 rings (SSSR count). The number of halogens is 3. The summed E-state index contributed by atoms with van der Waals surface area (Å²) in [5.41, 5.74) is 9.05. The molecule has 1 aromatic carbocycles. The van der Waals surface area contributed by atoms with Crippen LogP contribution in [0.1, 0.15) is 11.4 Å². The first-order valence-electron chi connectivity index (χ1n) is 9.44. The highest BCUT2D eigenvalue weighted by Crippen LogP contribution is 2.26. The Morgan fingerprint density at radius 2 is 2.17 bits per heavy atom. The van der Waals surface area contributed by atoms with Gasteiger partial charge in [0, 0.05) is 37.6 Å². The van der Waals surface area contributed by atoms with Gasteiger partial charge in [-0.2, -0.15) is 0 Å². The molecule has 2 N–H and O–H groups in total. The summed E-state index contributed by atoms with van der Waals surface area (Å²) in [7, 11) is 1.68. The number of ether oxygens (including phenoxy) is 1. The van der Waals surface area contributed by atoms with Crippen LogP contribution in [0.2, 0.25) is 0 Å². The molecule has 3 heterocycles. The quantitative estimate of drug-likeness (QED) is 0.748. The molecule has 0 amide bonds. The lowest BCUT2D eigenvalue weighted by atomic mass is 10.1. The van der Waals surface area contributed by atoms with Crippen LogP contribution in [0, 0.1) is 5.82 Å². The number of alkyl halides is 2. The maximum atomic E-state index is 13.8. The van der Waals surface area contributed by atoms with Crippen LogP contribution in [0.4, 0.5) is 13.2 Å². The zero-order valence-corrected chi connectivity index (χ0v) is 16.3. The van der Waals surface area contributed by atoms with Crippen LogP contribution < -0.4 is 26.1 Å². The molecule has 158 valence electrons. The lowest BCUT2D eigenvalue weighted by Crippen LogP contribution is -2.34. The maximum Gasteiger partial charge on any atom is 0.272 e. The molecule has 2 aromatic rings. The van der Waals surface area contributed by atoms with Gasteiger partial charge in [-0.05, 0) is 36.3 Å². The summed E-state index contributed by atoms with van der Waals surface area (Å²) in [6, 6.07) is 5.72. The predicted molar refractivity (Wildman–Crippen MR) is 106 cm³/mol. The van der Waals surface area contributed by atoms with Crippen LogP contribution in [0.3, 0.4) is 0 Å². The molecule has 0 saturated carbocycles. The number of nitrogens with one attached hydrogen (secondary N) is 2. The Morgan fingerprint density at radius 1 is 1.30 bits per heavy atom. The van der Waals surface area contributed by atoms with E-state index in [9.17, 15) is 13.2 Å². The molecule has 2 aliphatic heterocycles. The Balaban J connectivity index is 1.59. The van der Waals surface area contributed by atoms with E-state index in [0.717, 1.165) is 17.1 Å². The van der Waals surface area contributed by atoms with Gasteiger partial charge in [-0.15, -0.1) is 0 Å². The average molecular weight is 418 g/mol. The highest BCUT2D eigenvalue weighted by molar-refractivity contribution is 5.72. The summed E-state index contributed by atoms with van der Waals surface area (Å²) in [4.78, 5) is 8.76. The lowest BCUT2D eigenvalue weighted by molar-refractivity contribution is 0.0814. The molecule has 0 saturated heterocycles. The summed E-state index contributed by atoms with van der Waals surface area (Å²) in [5, 5.41) is 2.04. The van der Waals surface area contributed by atoms with Crippen molar-refractivity contribution in [3.8, 4) is 5.75 Å². The van der Waals surface area contributed by atoms with Crippen LogP contribution in [0.25, 0.3) is 5.57 Å². The third-order valence-electron chi connectivity index (χ3n) is 4.84. The van der Waals surface area contributed by atoms with Gasteiger partial charge in [-0.25, -0.2) is 22.8 Å². The number of rotatable bonds is 6. The van der Waals surface area contributed by atoms with E-state index in [1.165, 1.54) is 18.2 Å². The van der Waals surface area contributed by atoms with Crippen molar-refractivity contribution in [2.45, 2.75) is 12.8 Å². The van der Waals surface area contributed by atoms with Gasteiger partial charge in [-0.3, -0.25) is 4.99 Å². The van der Waals surface area contributed by atoms with E-state index in [1.54, 1.807) is 19.3 Å². The molecule has 0 atom stereocenters. The van der Waals surface area contributed by atoms with Crippen LogP contribution in [0.15, 0.2) is 53.4 Å². The number of nitrogens with zero attached hydrogens (tertiary/aromatic N) is 4. The third kappa shape index (κ3) is 4.12. The fourth-order valence-electron chi connectivity index (χ4n) is 3.43. The number of allylic oxidation sites excluding steroid dienone is 1. The van der Waals surface area contributed by atoms with Crippen molar-refractivity contribution in [2.75, 3.05) is 31.8 Å². The van der Waals surface area contributed by atoms with Gasteiger partial charge in [0.2, 0.25) is 0 Å². The molecule has 2 aliphatic rings. The Hall–Kier alpha value is -3.43. The number of benzene rings is 1. The van der Waals surface area contributed by atoms with Gasteiger partial charge in [-0.1, -0.05) is 0 Å². The molecular weight excluding hydrogens is 397 g/mol. The smallest absolute Gasteiger partial charge is 0.272 e. The Morgan fingerprint density at radius 3 is 2.90 bits per heavy atom. The highest BCUT2D eigenvalue weighted by Gasteiger charge is 2.27. The Kier molecular flexibility index (Phi) is 5.64. The highest BCUT2D eigenvalue weighted by atomic mass is 19.3. The van der Waals surface area contributed by atoms with Gasteiger partial charge < -0.3 is 20.6 Å². The second-order valence-electron chi connectivity index (χ2n) is 6.76. The van der Waals surface area contributed by atoms with Crippen molar-refractivity contribution in [3.05, 3.63) is 71.1 Å². The van der Waals surface area contributed by atoms with E-state index in [-0.39, 0.29) is 5.75 Å². The monoisotopic (exact) mass is 418 g/mol. The van der Waals surface area contributed by atoms with E-state index >= 15 is 0 Å². The van der Waals surface area contributed by atoms with Crippen LogP contribution in [0.5, 0.6) is 5.75 Å². The minimum atomic E-state index is -2.59. The van der Waals surface area contributed by atoms with Gasteiger partial charge in [0.25, 0.3) is 6.43 Å². The summed E-state index contributed by atoms with van der Waals surface area (Å²) in [6.45, 7) is 0.343. The fourth-order valence-corrected chi connectivity index (χ4v) is 3.43. The first kappa shape index (κ1) is 19.9. The first-order valence-corrected chi connectivity index (χ1v) is 9.44. The SMILES string of the molecule is CN=c1ccn2c(n1)/C(=C1\C=CNN1)CN2CCc1cc(F)ccc1OCC(F)F. The molecule has 0 bridgehead atoms. The molecule has 30 heavy (non-hydrogen) atoms. The Bertz CT molecular complexity index is 1060. The molecule has 0 fully saturated rings. The van der Waals surface area contributed by atoms with E-state index in [0.29, 0.717) is 30.6 Å². The van der Waals surface area contributed by atoms with Crippen LogP contribution in [-0.4, -0.2) is 42.8 Å². The molecule has 0 unspecified atom stereocenters. The van der Waals surface area contributed by atoms with Gasteiger partial charge in [0.05, 0.1) is 12.2 Å². The normalized spacial score (nSPS) is 18.0. The lowest BCUT2D eigenvalue weighted by Gasteiger charge is -2.21. The largest absolute Gasteiger partial charge is 0.487 e. The number of hydrogen-bond donors (Lipinski definition) is 2. The third-order valence-corrected chi connectivity index (χ3v) is 4.84. The van der Waals surface area contributed by atoms with Crippen molar-refractivity contribution in [1.82, 2.24) is 20.5 Å². The maximum absolute atomic E-state index is 13.8. The van der Waals surface area contributed by atoms with Crippen molar-refractivity contribution in [1.29, 1.82) is 0 Å². The average Bonchev–Trinajstić information content (AvgIpc) is 3.38. The van der Waals surface area contributed by atoms with Crippen LogP contribution >= 0.6 is 0 Å². The fraction of sp³-hybridized carbons (Fsp3) is 0.300. The van der Waals surface area contributed by atoms with E-state index in [4.69, 9.17) is 4.74 Å². The molecule has 10 heteroatoms. The van der Waals surface area contributed by atoms with Crippen molar-refractivity contribution < 1.29 is 17.9 Å². The number of hydrazine groups is 1. The standard InChI is InChI=1S/C20H21F3N6O/c1-24-19-6-9-29-20(26-19)15(16-4-7-25-27-16)11-28(29)8-5-13-10-14(21)2-3-17(13)30-12-18(22)23/h2-4,6-7,9-10,18,25,27H,5,8,11-12H2,1H3/b16-15+,24-19?. The minimum absolute atomic E-state index is 0.266. The van der Waals surface area contributed by atoms with Gasteiger partial charge in [0.1, 0.15) is 18.2 Å². The molecular formula is C20H21F3N6O. The zero-order chi connectivity index (χ0) is 21.1. The first-order chi connectivity index (χ1) is 14.5. The van der Waals surface area contributed by atoms with Crippen molar-refractivity contribution >= 4 is 5.57 Å². The minimum Gasteiger partial charge on any atom is -0.487 e. The van der Waals surface area contributed by atoms with Crippen LogP contribution in [-0.2, 0) is 6.42 Å². The Labute approximate surface area is 171 Å². The predicted octanol–water partition coefficient (Wildman–Crippen LogP) is 1.72. The summed E-state index contributed by atoms with van der Waals surface area (Å²) in [6.07, 6.45) is 3.41. The number of hydrogen-bond acceptors (Lipinski definition) is 6. The van der Waals surface area contributed by atoms with Crippen molar-refractivity contribution in [2.24, 2.45) is 4.99 Å². The molecule has 0 radical (unpaired) electrons.